The smallest absolute Gasteiger partial charge is 0.231 e. The predicted molar refractivity (Wildman–Crippen MR) is 111 cm³/mol. The van der Waals surface area contributed by atoms with E-state index in [2.05, 4.69) is 15.2 Å². The van der Waals surface area contributed by atoms with Crippen molar-refractivity contribution in [2.45, 2.75) is 32.6 Å². The number of amides is 2. The molecule has 1 aromatic carbocycles. The van der Waals surface area contributed by atoms with Crippen LogP contribution in [0.3, 0.4) is 0 Å². The SMILES string of the molecule is CCC(=O)N1CCN(c2ccc(NC(=O)C(CC)c3ccccc3)cn2)CC1. The topological polar surface area (TPSA) is 65.5 Å². The lowest BCUT2D eigenvalue weighted by molar-refractivity contribution is -0.131. The maximum atomic E-state index is 12.7. The lowest BCUT2D eigenvalue weighted by Gasteiger charge is -2.35. The maximum absolute atomic E-state index is 12.7. The van der Waals surface area contributed by atoms with Crippen molar-refractivity contribution < 1.29 is 9.59 Å². The standard InChI is InChI=1S/C22H28N4O2/c1-3-19(17-8-6-5-7-9-17)22(28)24-18-10-11-20(23-16-18)25-12-14-26(15-13-25)21(27)4-2/h5-11,16,19H,3-4,12-15H2,1-2H3,(H,24,28). The molecule has 28 heavy (non-hydrogen) atoms. The molecule has 1 unspecified atom stereocenters. The molecule has 1 aromatic heterocycles. The molecule has 1 saturated heterocycles. The molecule has 1 aliphatic rings. The third kappa shape index (κ3) is 4.68. The molecule has 0 bridgehead atoms. The molecule has 0 saturated carbocycles. The Morgan fingerprint density at radius 3 is 2.32 bits per heavy atom. The van der Waals surface area contributed by atoms with Gasteiger partial charge in [-0.15, -0.1) is 0 Å². The second-order valence-corrected chi connectivity index (χ2v) is 6.99. The van der Waals surface area contributed by atoms with Crippen LogP contribution in [-0.4, -0.2) is 47.9 Å². The minimum absolute atomic E-state index is 0.0186. The van der Waals surface area contributed by atoms with E-state index in [1.54, 1.807) is 6.20 Å². The number of pyridine rings is 1. The largest absolute Gasteiger partial charge is 0.353 e. The molecule has 0 aliphatic carbocycles. The molecule has 6 nitrogen and oxygen atoms in total. The molecule has 1 fully saturated rings. The molecule has 0 spiro atoms. The summed E-state index contributed by atoms with van der Waals surface area (Å²) in [4.78, 5) is 33.0. The van der Waals surface area contributed by atoms with Gasteiger partial charge >= 0.3 is 0 Å². The van der Waals surface area contributed by atoms with Gasteiger partial charge in [0.1, 0.15) is 5.82 Å². The highest BCUT2D eigenvalue weighted by molar-refractivity contribution is 5.95. The fourth-order valence-corrected chi connectivity index (χ4v) is 3.54. The number of nitrogens with zero attached hydrogens (tertiary/aromatic N) is 3. The van der Waals surface area contributed by atoms with E-state index in [4.69, 9.17) is 0 Å². The summed E-state index contributed by atoms with van der Waals surface area (Å²) < 4.78 is 0. The van der Waals surface area contributed by atoms with Gasteiger partial charge in [-0.3, -0.25) is 9.59 Å². The Hall–Kier alpha value is -2.89. The zero-order valence-electron chi connectivity index (χ0n) is 16.6. The van der Waals surface area contributed by atoms with E-state index in [0.29, 0.717) is 12.1 Å². The maximum Gasteiger partial charge on any atom is 0.231 e. The Morgan fingerprint density at radius 1 is 1.04 bits per heavy atom. The van der Waals surface area contributed by atoms with Gasteiger partial charge in [-0.05, 0) is 24.1 Å². The highest BCUT2D eigenvalue weighted by Gasteiger charge is 2.21. The van der Waals surface area contributed by atoms with Gasteiger partial charge in [0.2, 0.25) is 11.8 Å². The van der Waals surface area contributed by atoms with Crippen molar-refractivity contribution in [1.29, 1.82) is 0 Å². The zero-order valence-corrected chi connectivity index (χ0v) is 16.6. The van der Waals surface area contributed by atoms with Crippen LogP contribution in [-0.2, 0) is 9.59 Å². The highest BCUT2D eigenvalue weighted by Crippen LogP contribution is 2.22. The summed E-state index contributed by atoms with van der Waals surface area (Å²) in [7, 11) is 0. The summed E-state index contributed by atoms with van der Waals surface area (Å²) in [6, 6.07) is 13.6. The Bertz CT molecular complexity index is 784. The molecule has 6 heteroatoms. The van der Waals surface area contributed by atoms with E-state index >= 15 is 0 Å². The normalized spacial score (nSPS) is 15.2. The van der Waals surface area contributed by atoms with Crippen molar-refractivity contribution in [1.82, 2.24) is 9.88 Å². The number of hydrogen-bond acceptors (Lipinski definition) is 4. The number of carbonyl (C=O) groups excluding carboxylic acids is 2. The molecular weight excluding hydrogens is 352 g/mol. The Balaban J connectivity index is 1.59. The quantitative estimate of drug-likeness (QED) is 0.835. The average Bonchev–Trinajstić information content (AvgIpc) is 2.75. The van der Waals surface area contributed by atoms with Crippen molar-refractivity contribution in [2.24, 2.45) is 0 Å². The first-order valence-electron chi connectivity index (χ1n) is 9.97. The Labute approximate surface area is 166 Å². The molecule has 3 rings (SSSR count). The van der Waals surface area contributed by atoms with E-state index in [0.717, 1.165) is 44.0 Å². The number of hydrogen-bond donors (Lipinski definition) is 1. The van der Waals surface area contributed by atoms with Gasteiger partial charge in [-0.25, -0.2) is 4.98 Å². The molecule has 1 aliphatic heterocycles. The Kier molecular flexibility index (Phi) is 6.63. The van der Waals surface area contributed by atoms with Gasteiger partial charge in [-0.1, -0.05) is 44.2 Å². The summed E-state index contributed by atoms with van der Waals surface area (Å²) in [6.45, 7) is 6.91. The van der Waals surface area contributed by atoms with Gasteiger partial charge in [0.15, 0.2) is 0 Å². The fraction of sp³-hybridized carbons (Fsp3) is 0.409. The van der Waals surface area contributed by atoms with E-state index in [9.17, 15) is 9.59 Å². The molecule has 2 aromatic rings. The number of aromatic nitrogens is 1. The van der Waals surface area contributed by atoms with Crippen molar-refractivity contribution in [2.75, 3.05) is 36.4 Å². The molecule has 2 heterocycles. The van der Waals surface area contributed by atoms with E-state index in [1.807, 2.05) is 61.2 Å². The fourth-order valence-electron chi connectivity index (χ4n) is 3.54. The number of piperazine rings is 1. The molecule has 1 N–H and O–H groups in total. The van der Waals surface area contributed by atoms with Crippen LogP contribution < -0.4 is 10.2 Å². The van der Waals surface area contributed by atoms with E-state index in [1.165, 1.54) is 0 Å². The molecule has 1 atom stereocenters. The van der Waals surface area contributed by atoms with Gasteiger partial charge in [0, 0.05) is 32.6 Å². The van der Waals surface area contributed by atoms with Crippen LogP contribution >= 0.6 is 0 Å². The first kappa shape index (κ1) is 19.9. The average molecular weight is 380 g/mol. The van der Waals surface area contributed by atoms with Crippen LogP contribution in [0.15, 0.2) is 48.7 Å². The number of rotatable bonds is 6. The van der Waals surface area contributed by atoms with Crippen LogP contribution in [0.4, 0.5) is 11.5 Å². The zero-order chi connectivity index (χ0) is 19.9. The van der Waals surface area contributed by atoms with Crippen LogP contribution in [0.1, 0.15) is 38.2 Å². The van der Waals surface area contributed by atoms with Crippen molar-refractivity contribution in [3.63, 3.8) is 0 Å². The third-order valence-electron chi connectivity index (χ3n) is 5.20. The summed E-state index contributed by atoms with van der Waals surface area (Å²) in [6.07, 6.45) is 2.99. The number of carbonyl (C=O) groups is 2. The van der Waals surface area contributed by atoms with Crippen LogP contribution in [0, 0.1) is 0 Å². The van der Waals surface area contributed by atoms with Crippen LogP contribution in [0.2, 0.25) is 0 Å². The van der Waals surface area contributed by atoms with E-state index < -0.39 is 0 Å². The van der Waals surface area contributed by atoms with Gasteiger partial charge in [0.05, 0.1) is 17.8 Å². The third-order valence-corrected chi connectivity index (χ3v) is 5.20. The predicted octanol–water partition coefficient (Wildman–Crippen LogP) is 3.27. The Morgan fingerprint density at radius 2 is 1.75 bits per heavy atom. The van der Waals surface area contributed by atoms with Gasteiger partial charge in [-0.2, -0.15) is 0 Å². The summed E-state index contributed by atoms with van der Waals surface area (Å²) in [5, 5.41) is 2.98. The minimum Gasteiger partial charge on any atom is -0.353 e. The van der Waals surface area contributed by atoms with Crippen LogP contribution in [0.25, 0.3) is 0 Å². The number of benzene rings is 1. The lowest BCUT2D eigenvalue weighted by Crippen LogP contribution is -2.48. The summed E-state index contributed by atoms with van der Waals surface area (Å²) in [5.74, 6) is 0.881. The monoisotopic (exact) mass is 380 g/mol. The first-order valence-corrected chi connectivity index (χ1v) is 9.97. The van der Waals surface area contributed by atoms with E-state index in [-0.39, 0.29) is 17.7 Å². The minimum atomic E-state index is -0.176. The highest BCUT2D eigenvalue weighted by atomic mass is 16.2. The lowest BCUT2D eigenvalue weighted by atomic mass is 9.95. The van der Waals surface area contributed by atoms with Gasteiger partial charge < -0.3 is 15.1 Å². The van der Waals surface area contributed by atoms with Gasteiger partial charge in [0.25, 0.3) is 0 Å². The second kappa shape index (κ2) is 9.35. The van der Waals surface area contributed by atoms with Crippen molar-refractivity contribution in [3.05, 3.63) is 54.2 Å². The first-order chi connectivity index (χ1) is 13.6. The second-order valence-electron chi connectivity index (χ2n) is 6.99. The van der Waals surface area contributed by atoms with Crippen molar-refractivity contribution >= 4 is 23.3 Å². The number of nitrogens with one attached hydrogen (secondary N) is 1. The molecule has 2 amide bonds. The molecule has 148 valence electrons. The summed E-state index contributed by atoms with van der Waals surface area (Å²) >= 11 is 0. The summed E-state index contributed by atoms with van der Waals surface area (Å²) in [5.41, 5.74) is 1.72. The molecular formula is C22H28N4O2. The van der Waals surface area contributed by atoms with Crippen LogP contribution in [0.5, 0.6) is 0 Å². The number of anilines is 2. The van der Waals surface area contributed by atoms with Crippen molar-refractivity contribution in [3.8, 4) is 0 Å². The molecule has 0 radical (unpaired) electrons.